The average Bonchev–Trinajstić information content (AvgIpc) is 2.56. The van der Waals surface area contributed by atoms with Crippen LogP contribution in [-0.2, 0) is 0 Å². The number of piperidine rings is 1. The van der Waals surface area contributed by atoms with Gasteiger partial charge in [-0.05, 0) is 37.0 Å². The number of benzene rings is 1. The molecule has 1 amide bonds. The Kier molecular flexibility index (Phi) is 4.94. The van der Waals surface area contributed by atoms with Crippen LogP contribution in [0.3, 0.4) is 0 Å². The van der Waals surface area contributed by atoms with Crippen LogP contribution in [0.5, 0.6) is 0 Å². The molecule has 126 valence electrons. The van der Waals surface area contributed by atoms with E-state index in [4.69, 9.17) is 11.6 Å². The second-order valence-corrected chi connectivity index (χ2v) is 6.43. The average molecular weight is 349 g/mol. The molecule has 3 rings (SSSR count). The molecule has 0 radical (unpaired) electrons. The van der Waals surface area contributed by atoms with E-state index in [1.54, 1.807) is 12.4 Å². The first kappa shape index (κ1) is 16.6. The van der Waals surface area contributed by atoms with Crippen molar-refractivity contribution in [3.8, 4) is 0 Å². The van der Waals surface area contributed by atoms with Gasteiger partial charge in [0.1, 0.15) is 5.82 Å². The Hall–Kier alpha value is -2.21. The fourth-order valence-corrected chi connectivity index (χ4v) is 2.88. The van der Waals surface area contributed by atoms with Gasteiger partial charge in [0.15, 0.2) is 0 Å². The molecular weight excluding hydrogens is 331 g/mol. The third-order valence-electron chi connectivity index (χ3n) is 4.14. The smallest absolute Gasteiger partial charge is 0.257 e. The van der Waals surface area contributed by atoms with E-state index in [2.05, 4.69) is 27.1 Å². The Bertz CT molecular complexity index is 730. The zero-order chi connectivity index (χ0) is 17.1. The molecule has 1 aliphatic heterocycles. The van der Waals surface area contributed by atoms with Gasteiger partial charge in [0.05, 0.1) is 28.7 Å². The topological polar surface area (TPSA) is 58.1 Å². The van der Waals surface area contributed by atoms with Gasteiger partial charge in [-0.15, -0.1) is 0 Å². The molecule has 5 nitrogen and oxygen atoms in total. The number of amides is 1. The number of rotatable bonds is 3. The predicted octanol–water partition coefficient (Wildman–Crippen LogP) is 3.76. The fourth-order valence-electron chi connectivity index (χ4n) is 2.63. The molecule has 0 aliphatic carbocycles. The van der Waals surface area contributed by atoms with Gasteiger partial charge in [0.2, 0.25) is 5.95 Å². The molecule has 0 saturated carbocycles. The lowest BCUT2D eigenvalue weighted by Crippen LogP contribution is -2.34. The number of nitrogens with zero attached hydrogens (tertiary/aromatic N) is 3. The third-order valence-corrected chi connectivity index (χ3v) is 4.45. The van der Waals surface area contributed by atoms with Crippen LogP contribution in [0.1, 0.15) is 30.1 Å². The van der Waals surface area contributed by atoms with Crippen molar-refractivity contribution in [2.45, 2.75) is 19.8 Å². The van der Waals surface area contributed by atoms with E-state index in [0.29, 0.717) is 11.6 Å². The first-order valence-electron chi connectivity index (χ1n) is 7.86. The first-order chi connectivity index (χ1) is 11.5. The van der Waals surface area contributed by atoms with Crippen molar-refractivity contribution in [3.63, 3.8) is 0 Å². The molecule has 1 aliphatic rings. The number of nitrogens with one attached hydrogen (secondary N) is 1. The van der Waals surface area contributed by atoms with Crippen LogP contribution >= 0.6 is 11.6 Å². The fraction of sp³-hybridized carbons (Fsp3) is 0.353. The molecule has 1 aromatic carbocycles. The molecular formula is C17H18ClFN4O. The van der Waals surface area contributed by atoms with E-state index in [1.807, 2.05) is 0 Å². The Morgan fingerprint density at radius 2 is 1.96 bits per heavy atom. The lowest BCUT2D eigenvalue weighted by atomic mass is 10.00. The zero-order valence-electron chi connectivity index (χ0n) is 13.3. The lowest BCUT2D eigenvalue weighted by Gasteiger charge is -2.30. The highest BCUT2D eigenvalue weighted by Gasteiger charge is 2.18. The summed E-state index contributed by atoms with van der Waals surface area (Å²) in [7, 11) is 0. The minimum absolute atomic E-state index is 0.0625. The molecule has 0 bridgehead atoms. The Morgan fingerprint density at radius 1 is 1.29 bits per heavy atom. The van der Waals surface area contributed by atoms with Crippen LogP contribution in [-0.4, -0.2) is 29.0 Å². The molecule has 7 heteroatoms. The van der Waals surface area contributed by atoms with E-state index in [-0.39, 0.29) is 10.6 Å². The Morgan fingerprint density at radius 3 is 2.58 bits per heavy atom. The van der Waals surface area contributed by atoms with Gasteiger partial charge in [0, 0.05) is 13.1 Å². The second-order valence-electron chi connectivity index (χ2n) is 6.02. The third kappa shape index (κ3) is 3.82. The molecule has 0 unspecified atom stereocenters. The van der Waals surface area contributed by atoms with Crippen molar-refractivity contribution in [2.75, 3.05) is 23.3 Å². The van der Waals surface area contributed by atoms with Crippen LogP contribution in [0.4, 0.5) is 16.0 Å². The van der Waals surface area contributed by atoms with Crippen LogP contribution in [0.2, 0.25) is 5.02 Å². The maximum Gasteiger partial charge on any atom is 0.257 e. The summed E-state index contributed by atoms with van der Waals surface area (Å²) in [5.41, 5.74) is 0.668. The van der Waals surface area contributed by atoms with Crippen molar-refractivity contribution in [1.82, 2.24) is 9.97 Å². The summed E-state index contributed by atoms with van der Waals surface area (Å²) in [4.78, 5) is 23.0. The number of anilines is 2. The van der Waals surface area contributed by atoms with Gasteiger partial charge in [-0.25, -0.2) is 14.4 Å². The van der Waals surface area contributed by atoms with Gasteiger partial charge < -0.3 is 10.2 Å². The standard InChI is InChI=1S/C17H18ClFN4O/c1-11-4-6-23(7-5-11)17-20-9-13(10-21-17)22-16(24)14-3-2-12(19)8-15(14)18/h2-3,8-11H,4-7H2,1H3,(H,22,24). The van der Waals surface area contributed by atoms with Crippen molar-refractivity contribution >= 4 is 29.1 Å². The number of carbonyl (C=O) groups excluding carboxylic acids is 1. The second kappa shape index (κ2) is 7.13. The zero-order valence-corrected chi connectivity index (χ0v) is 14.1. The Balaban J connectivity index is 1.66. The predicted molar refractivity (Wildman–Crippen MR) is 92.0 cm³/mol. The highest BCUT2D eigenvalue weighted by molar-refractivity contribution is 6.34. The quantitative estimate of drug-likeness (QED) is 0.917. The lowest BCUT2D eigenvalue weighted by molar-refractivity contribution is 0.102. The minimum atomic E-state index is -0.486. The van der Waals surface area contributed by atoms with Crippen LogP contribution in [0.25, 0.3) is 0 Å². The van der Waals surface area contributed by atoms with E-state index in [1.165, 1.54) is 12.1 Å². The molecule has 1 N–H and O–H groups in total. The molecule has 1 saturated heterocycles. The largest absolute Gasteiger partial charge is 0.341 e. The van der Waals surface area contributed by atoms with E-state index in [9.17, 15) is 9.18 Å². The number of hydrogen-bond acceptors (Lipinski definition) is 4. The Labute approximate surface area is 144 Å². The molecule has 1 fully saturated rings. The molecule has 2 heterocycles. The minimum Gasteiger partial charge on any atom is -0.341 e. The highest BCUT2D eigenvalue weighted by atomic mass is 35.5. The van der Waals surface area contributed by atoms with Crippen LogP contribution < -0.4 is 10.2 Å². The number of halogens is 2. The van der Waals surface area contributed by atoms with Crippen molar-refractivity contribution in [2.24, 2.45) is 5.92 Å². The van der Waals surface area contributed by atoms with E-state index < -0.39 is 11.7 Å². The first-order valence-corrected chi connectivity index (χ1v) is 8.24. The van der Waals surface area contributed by atoms with Crippen LogP contribution in [0.15, 0.2) is 30.6 Å². The normalized spacial score (nSPS) is 15.4. The van der Waals surface area contributed by atoms with Crippen LogP contribution in [0, 0.1) is 11.7 Å². The van der Waals surface area contributed by atoms with E-state index in [0.717, 1.165) is 37.9 Å². The van der Waals surface area contributed by atoms with Gasteiger partial charge in [-0.2, -0.15) is 0 Å². The molecule has 24 heavy (non-hydrogen) atoms. The van der Waals surface area contributed by atoms with E-state index >= 15 is 0 Å². The van der Waals surface area contributed by atoms with Gasteiger partial charge in [-0.3, -0.25) is 4.79 Å². The van der Waals surface area contributed by atoms with Gasteiger partial charge in [0.25, 0.3) is 5.91 Å². The summed E-state index contributed by atoms with van der Waals surface area (Å²) in [6, 6.07) is 3.64. The number of aromatic nitrogens is 2. The summed E-state index contributed by atoms with van der Waals surface area (Å²) in [5.74, 6) is 0.489. The summed E-state index contributed by atoms with van der Waals surface area (Å²) in [6.45, 7) is 4.13. The maximum absolute atomic E-state index is 13.0. The summed E-state index contributed by atoms with van der Waals surface area (Å²) in [5, 5.41) is 2.73. The molecule has 2 aromatic rings. The molecule has 0 atom stereocenters. The molecule has 1 aromatic heterocycles. The van der Waals surface area contributed by atoms with Gasteiger partial charge >= 0.3 is 0 Å². The maximum atomic E-state index is 13.0. The monoisotopic (exact) mass is 348 g/mol. The molecule has 0 spiro atoms. The van der Waals surface area contributed by atoms with Crippen molar-refractivity contribution in [1.29, 1.82) is 0 Å². The highest BCUT2D eigenvalue weighted by Crippen LogP contribution is 2.21. The van der Waals surface area contributed by atoms with Crippen molar-refractivity contribution in [3.05, 3.63) is 47.0 Å². The number of hydrogen-bond donors (Lipinski definition) is 1. The number of carbonyl (C=O) groups is 1. The van der Waals surface area contributed by atoms with Crippen molar-refractivity contribution < 1.29 is 9.18 Å². The summed E-state index contributed by atoms with van der Waals surface area (Å²) >= 11 is 5.89. The van der Waals surface area contributed by atoms with Gasteiger partial charge in [-0.1, -0.05) is 18.5 Å². The SMILES string of the molecule is CC1CCN(c2ncc(NC(=O)c3ccc(F)cc3Cl)cn2)CC1. The summed E-state index contributed by atoms with van der Waals surface area (Å²) < 4.78 is 13.0. The summed E-state index contributed by atoms with van der Waals surface area (Å²) in [6.07, 6.45) is 5.39.